The Morgan fingerprint density at radius 3 is 3.33 bits per heavy atom. The molecule has 1 aliphatic heterocycles. The number of rotatable bonds is 0. The van der Waals surface area contributed by atoms with E-state index in [9.17, 15) is 0 Å². The molecule has 1 aliphatic rings. The molecule has 3 aromatic heterocycles. The summed E-state index contributed by atoms with van der Waals surface area (Å²) in [5.41, 5.74) is 4.12. The average molecular weight is 213 g/mol. The van der Waals surface area contributed by atoms with Crippen LogP contribution in [0.2, 0.25) is 0 Å². The van der Waals surface area contributed by atoms with Gasteiger partial charge in [0.1, 0.15) is 9.53 Å². The molecule has 4 rings (SSSR count). The van der Waals surface area contributed by atoms with E-state index in [1.807, 2.05) is 6.20 Å². The van der Waals surface area contributed by atoms with Crippen molar-refractivity contribution in [3.63, 3.8) is 0 Å². The Balaban J connectivity index is 2.38. The van der Waals surface area contributed by atoms with Gasteiger partial charge >= 0.3 is 0 Å². The monoisotopic (exact) mass is 213 g/mol. The van der Waals surface area contributed by atoms with Crippen molar-refractivity contribution in [2.45, 2.75) is 13.5 Å². The van der Waals surface area contributed by atoms with E-state index < -0.39 is 0 Å². The molecule has 0 bridgehead atoms. The first-order valence-corrected chi connectivity index (χ1v) is 5.85. The molecule has 0 N–H and O–H groups in total. The lowest BCUT2D eigenvalue weighted by molar-refractivity contribution is -0.658. The Hall–Kier alpha value is -1.48. The molecule has 0 aliphatic carbocycles. The maximum Gasteiger partial charge on any atom is 0.233 e. The van der Waals surface area contributed by atoms with E-state index in [0.29, 0.717) is 0 Å². The van der Waals surface area contributed by atoms with E-state index >= 15 is 0 Å². The summed E-state index contributed by atoms with van der Waals surface area (Å²) < 4.78 is 3.71. The molecule has 0 fully saturated rings. The average Bonchev–Trinajstić information content (AvgIpc) is 2.72. The summed E-state index contributed by atoms with van der Waals surface area (Å²) in [6, 6.07) is 4.39. The Kier molecular flexibility index (Phi) is 1.22. The molecule has 0 atom stereocenters. The van der Waals surface area contributed by atoms with Crippen molar-refractivity contribution in [3.05, 3.63) is 35.7 Å². The van der Waals surface area contributed by atoms with Crippen LogP contribution in [0.5, 0.6) is 0 Å². The minimum Gasteiger partial charge on any atom is -0.245 e. The molecule has 3 heteroatoms. The summed E-state index contributed by atoms with van der Waals surface area (Å²) in [5.74, 6) is 0. The van der Waals surface area contributed by atoms with Crippen LogP contribution in [0.3, 0.4) is 0 Å². The summed E-state index contributed by atoms with van der Waals surface area (Å²) in [6.07, 6.45) is 4.15. The summed E-state index contributed by atoms with van der Waals surface area (Å²) in [5, 5.41) is 1.37. The molecular weight excluding hydrogens is 204 g/mol. The summed E-state index contributed by atoms with van der Waals surface area (Å²) in [7, 11) is 0. The predicted molar refractivity (Wildman–Crippen MR) is 61.2 cm³/mol. The second kappa shape index (κ2) is 2.36. The molecule has 3 aromatic rings. The first kappa shape index (κ1) is 7.77. The van der Waals surface area contributed by atoms with Crippen molar-refractivity contribution >= 4 is 31.8 Å². The van der Waals surface area contributed by atoms with Gasteiger partial charge in [0.25, 0.3) is 0 Å². The van der Waals surface area contributed by atoms with Gasteiger partial charge in [0.15, 0.2) is 12.7 Å². The molecule has 0 amide bonds. The topological polar surface area (TPSA) is 16.8 Å². The number of nitrogens with zero attached hydrogens (tertiary/aromatic N) is 2. The van der Waals surface area contributed by atoms with Gasteiger partial charge in [-0.15, -0.1) is 11.3 Å². The highest BCUT2D eigenvalue weighted by molar-refractivity contribution is 7.25. The van der Waals surface area contributed by atoms with Gasteiger partial charge in [0.2, 0.25) is 5.52 Å². The van der Waals surface area contributed by atoms with E-state index in [0.717, 1.165) is 6.54 Å². The predicted octanol–water partition coefficient (Wildman–Crippen LogP) is 2.41. The van der Waals surface area contributed by atoms with Gasteiger partial charge in [0.05, 0.1) is 5.39 Å². The smallest absolute Gasteiger partial charge is 0.233 e. The fourth-order valence-corrected chi connectivity index (χ4v) is 3.68. The number of thiophene rings is 1. The number of pyridine rings is 2. The Bertz CT molecular complexity index is 712. The van der Waals surface area contributed by atoms with Crippen molar-refractivity contribution in [3.8, 4) is 0 Å². The van der Waals surface area contributed by atoms with Gasteiger partial charge in [-0.25, -0.2) is 4.98 Å². The maximum absolute atomic E-state index is 4.45. The van der Waals surface area contributed by atoms with Gasteiger partial charge in [-0.3, -0.25) is 0 Å². The Morgan fingerprint density at radius 2 is 2.40 bits per heavy atom. The minimum atomic E-state index is 1.01. The lowest BCUT2D eigenvalue weighted by Gasteiger charge is -1.94. The van der Waals surface area contributed by atoms with E-state index in [1.54, 1.807) is 11.3 Å². The van der Waals surface area contributed by atoms with Crippen molar-refractivity contribution in [1.82, 2.24) is 4.98 Å². The zero-order chi connectivity index (χ0) is 9.99. The second-order valence-corrected chi connectivity index (χ2v) is 5.14. The molecule has 0 radical (unpaired) electrons. The van der Waals surface area contributed by atoms with Crippen LogP contribution in [0.25, 0.3) is 20.4 Å². The van der Waals surface area contributed by atoms with E-state index in [4.69, 9.17) is 0 Å². The van der Waals surface area contributed by atoms with Gasteiger partial charge in [0, 0.05) is 17.3 Å². The summed E-state index contributed by atoms with van der Waals surface area (Å²) >= 11 is 1.80. The fourth-order valence-electron chi connectivity index (χ4n) is 2.46. The summed E-state index contributed by atoms with van der Waals surface area (Å²) in [4.78, 5) is 5.63. The molecule has 15 heavy (non-hydrogen) atoms. The number of aryl methyl sites for hydroxylation is 1. The summed E-state index contributed by atoms with van der Waals surface area (Å²) in [6.45, 7) is 3.16. The van der Waals surface area contributed by atoms with Crippen molar-refractivity contribution < 1.29 is 4.57 Å². The van der Waals surface area contributed by atoms with Crippen LogP contribution >= 0.6 is 11.3 Å². The third-order valence-electron chi connectivity index (χ3n) is 3.03. The zero-order valence-corrected chi connectivity index (χ0v) is 9.14. The second-order valence-electron chi connectivity index (χ2n) is 4.11. The number of hydrogen-bond donors (Lipinski definition) is 0. The quantitative estimate of drug-likeness (QED) is 0.410. The highest BCUT2D eigenvalue weighted by Crippen LogP contribution is 2.35. The van der Waals surface area contributed by atoms with Gasteiger partial charge in [-0.05, 0) is 19.1 Å². The minimum absolute atomic E-state index is 1.01. The molecule has 0 aromatic carbocycles. The highest BCUT2D eigenvalue weighted by Gasteiger charge is 2.27. The van der Waals surface area contributed by atoms with E-state index in [2.05, 4.69) is 34.8 Å². The first-order valence-electron chi connectivity index (χ1n) is 5.03. The number of aromatic nitrogens is 2. The molecule has 0 spiro atoms. The van der Waals surface area contributed by atoms with Crippen LogP contribution in [-0.4, -0.2) is 4.98 Å². The molecular formula is C12H9N2S+. The zero-order valence-electron chi connectivity index (χ0n) is 8.32. The first-order chi connectivity index (χ1) is 7.33. The molecule has 72 valence electrons. The number of hydrogen-bond acceptors (Lipinski definition) is 2. The van der Waals surface area contributed by atoms with E-state index in [1.165, 1.54) is 31.6 Å². The highest BCUT2D eigenvalue weighted by atomic mass is 32.1. The molecule has 0 unspecified atom stereocenters. The van der Waals surface area contributed by atoms with E-state index in [-0.39, 0.29) is 0 Å². The fraction of sp³-hybridized carbons (Fsp3) is 0.167. The van der Waals surface area contributed by atoms with Crippen LogP contribution in [0.1, 0.15) is 11.1 Å². The lowest BCUT2D eigenvalue weighted by Crippen LogP contribution is -2.31. The molecule has 0 saturated heterocycles. The standard InChI is InChI=1S/C12H9N2S/c1-7-4-9-11-10-8(6-14(11)5-7)2-3-13-12(10)15-9/h2-5H,6H2,1H3/q+1. The Morgan fingerprint density at radius 1 is 1.47 bits per heavy atom. The maximum atomic E-state index is 4.45. The van der Waals surface area contributed by atoms with Crippen LogP contribution in [0, 0.1) is 6.92 Å². The molecule has 4 heterocycles. The van der Waals surface area contributed by atoms with Gasteiger partial charge < -0.3 is 0 Å². The largest absolute Gasteiger partial charge is 0.245 e. The van der Waals surface area contributed by atoms with Crippen LogP contribution in [0.4, 0.5) is 0 Å². The van der Waals surface area contributed by atoms with Gasteiger partial charge in [-0.1, -0.05) is 0 Å². The lowest BCUT2D eigenvalue weighted by atomic mass is 10.2. The van der Waals surface area contributed by atoms with Crippen molar-refractivity contribution in [2.24, 2.45) is 0 Å². The SMILES string of the molecule is Cc1cc2sc3nccc4c3c2[n+](c1)C4. The van der Waals surface area contributed by atoms with Crippen molar-refractivity contribution in [1.29, 1.82) is 0 Å². The third kappa shape index (κ3) is 0.844. The van der Waals surface area contributed by atoms with Crippen LogP contribution in [0.15, 0.2) is 24.5 Å². The molecule has 0 saturated carbocycles. The molecule has 2 nitrogen and oxygen atoms in total. The van der Waals surface area contributed by atoms with Crippen LogP contribution < -0.4 is 4.57 Å². The van der Waals surface area contributed by atoms with Crippen LogP contribution in [-0.2, 0) is 6.54 Å². The normalized spacial score (nSPS) is 13.4. The Labute approximate surface area is 90.8 Å². The third-order valence-corrected chi connectivity index (χ3v) is 4.06. The van der Waals surface area contributed by atoms with Gasteiger partial charge in [-0.2, -0.15) is 4.57 Å². The van der Waals surface area contributed by atoms with Crippen molar-refractivity contribution in [2.75, 3.05) is 0 Å².